The first kappa shape index (κ1) is 17.3. The van der Waals surface area contributed by atoms with Crippen molar-refractivity contribution in [2.75, 3.05) is 23.4 Å². The van der Waals surface area contributed by atoms with Gasteiger partial charge in [0.1, 0.15) is 6.54 Å². The number of rotatable bonds is 4. The summed E-state index contributed by atoms with van der Waals surface area (Å²) in [5.41, 5.74) is 1.25. The van der Waals surface area contributed by atoms with Crippen LogP contribution in [-0.4, -0.2) is 25.4 Å². The van der Waals surface area contributed by atoms with Crippen molar-refractivity contribution in [1.82, 2.24) is 0 Å². The lowest BCUT2D eigenvalue weighted by atomic mass is 10.2. The number of halogens is 2. The van der Waals surface area contributed by atoms with Crippen LogP contribution in [0.3, 0.4) is 0 Å². The highest BCUT2D eigenvalue weighted by molar-refractivity contribution is 6.35. The van der Waals surface area contributed by atoms with Gasteiger partial charge in [-0.25, -0.2) is 0 Å². The van der Waals surface area contributed by atoms with E-state index in [-0.39, 0.29) is 18.4 Å². The minimum absolute atomic E-state index is 0.0998. The van der Waals surface area contributed by atoms with Crippen molar-refractivity contribution in [2.24, 2.45) is 0 Å². The van der Waals surface area contributed by atoms with Gasteiger partial charge < -0.3 is 9.80 Å². The third-order valence-electron chi connectivity index (χ3n) is 3.35. The number of hydrogen-bond acceptors (Lipinski definition) is 2. The molecule has 0 fully saturated rings. The van der Waals surface area contributed by atoms with Crippen molar-refractivity contribution >= 4 is 46.4 Å². The maximum atomic E-state index is 12.5. The molecule has 23 heavy (non-hydrogen) atoms. The van der Waals surface area contributed by atoms with E-state index in [4.69, 9.17) is 23.2 Å². The zero-order chi connectivity index (χ0) is 17.0. The van der Waals surface area contributed by atoms with Crippen molar-refractivity contribution in [2.45, 2.75) is 6.92 Å². The average molecular weight is 351 g/mol. The Hall–Kier alpha value is -2.04. The van der Waals surface area contributed by atoms with E-state index in [0.717, 1.165) is 5.69 Å². The molecule has 0 radical (unpaired) electrons. The fourth-order valence-corrected chi connectivity index (χ4v) is 2.63. The van der Waals surface area contributed by atoms with Crippen LogP contribution in [0.2, 0.25) is 10.0 Å². The van der Waals surface area contributed by atoms with Gasteiger partial charge in [-0.1, -0.05) is 41.4 Å². The van der Waals surface area contributed by atoms with Crippen LogP contribution in [0.5, 0.6) is 0 Å². The number of likely N-dealkylation sites (N-methyl/N-ethyl adjacent to an activating group) is 1. The highest BCUT2D eigenvalue weighted by Gasteiger charge is 2.20. The van der Waals surface area contributed by atoms with E-state index < -0.39 is 0 Å². The van der Waals surface area contributed by atoms with Crippen molar-refractivity contribution < 1.29 is 9.59 Å². The minimum Gasteiger partial charge on any atom is -0.314 e. The first-order chi connectivity index (χ1) is 10.9. The number of anilines is 2. The topological polar surface area (TPSA) is 40.6 Å². The predicted octanol–water partition coefficient (Wildman–Crippen LogP) is 4.01. The van der Waals surface area contributed by atoms with E-state index in [9.17, 15) is 9.59 Å². The highest BCUT2D eigenvalue weighted by atomic mass is 35.5. The van der Waals surface area contributed by atoms with Crippen LogP contribution >= 0.6 is 23.2 Å². The van der Waals surface area contributed by atoms with E-state index in [2.05, 4.69) is 0 Å². The molecule has 0 aliphatic heterocycles. The van der Waals surface area contributed by atoms with Gasteiger partial charge in [0.2, 0.25) is 11.8 Å². The third kappa shape index (κ3) is 4.47. The maximum absolute atomic E-state index is 12.5. The summed E-state index contributed by atoms with van der Waals surface area (Å²) in [5, 5.41) is 0.810. The quantitative estimate of drug-likeness (QED) is 0.835. The monoisotopic (exact) mass is 350 g/mol. The molecule has 0 aliphatic carbocycles. The van der Waals surface area contributed by atoms with Crippen LogP contribution in [0.4, 0.5) is 11.4 Å². The van der Waals surface area contributed by atoms with Crippen molar-refractivity contribution in [3.63, 3.8) is 0 Å². The Morgan fingerprint density at radius 2 is 1.52 bits per heavy atom. The molecule has 0 unspecified atom stereocenters. The molecule has 2 amide bonds. The normalized spacial score (nSPS) is 10.3. The third-order valence-corrected chi connectivity index (χ3v) is 3.79. The van der Waals surface area contributed by atoms with Gasteiger partial charge in [-0.2, -0.15) is 0 Å². The van der Waals surface area contributed by atoms with E-state index >= 15 is 0 Å². The molecule has 4 nitrogen and oxygen atoms in total. The molecular formula is C17H16Cl2N2O2. The van der Waals surface area contributed by atoms with Crippen molar-refractivity contribution in [3.05, 3.63) is 58.6 Å². The Morgan fingerprint density at radius 3 is 2.04 bits per heavy atom. The summed E-state index contributed by atoms with van der Waals surface area (Å²) in [6, 6.07) is 14.0. The average Bonchev–Trinajstić information content (AvgIpc) is 2.51. The summed E-state index contributed by atoms with van der Waals surface area (Å²) in [4.78, 5) is 27.2. The molecule has 0 atom stereocenters. The van der Waals surface area contributed by atoms with Crippen LogP contribution in [0, 0.1) is 0 Å². The molecule has 2 aromatic rings. The molecular weight excluding hydrogens is 335 g/mol. The molecule has 0 spiro atoms. The van der Waals surface area contributed by atoms with E-state index in [0.29, 0.717) is 15.7 Å². The lowest BCUT2D eigenvalue weighted by Crippen LogP contribution is -2.40. The molecule has 2 rings (SSSR count). The van der Waals surface area contributed by atoms with Gasteiger partial charge in [0.05, 0.1) is 0 Å². The zero-order valence-electron chi connectivity index (χ0n) is 12.8. The van der Waals surface area contributed by atoms with Gasteiger partial charge in [-0.15, -0.1) is 0 Å². The molecule has 0 bridgehead atoms. The zero-order valence-corrected chi connectivity index (χ0v) is 14.3. The van der Waals surface area contributed by atoms with Crippen molar-refractivity contribution in [1.29, 1.82) is 0 Å². The molecule has 2 aromatic carbocycles. The summed E-state index contributed by atoms with van der Waals surface area (Å²) >= 11 is 12.0. The molecule has 0 aromatic heterocycles. The number of para-hydroxylation sites is 1. The predicted molar refractivity (Wildman–Crippen MR) is 94.3 cm³/mol. The molecule has 0 saturated heterocycles. The molecule has 6 heteroatoms. The van der Waals surface area contributed by atoms with Gasteiger partial charge in [-0.05, 0) is 30.3 Å². The first-order valence-corrected chi connectivity index (χ1v) is 7.70. The number of nitrogens with zero attached hydrogens (tertiary/aromatic N) is 2. The van der Waals surface area contributed by atoms with Gasteiger partial charge >= 0.3 is 0 Å². The second kappa shape index (κ2) is 7.49. The molecule has 0 aliphatic rings. The van der Waals surface area contributed by atoms with Gasteiger partial charge in [0, 0.05) is 35.4 Å². The lowest BCUT2D eigenvalue weighted by molar-refractivity contribution is -0.121. The van der Waals surface area contributed by atoms with Gasteiger partial charge in [-0.3, -0.25) is 9.59 Å². The second-order valence-corrected chi connectivity index (χ2v) is 5.89. The number of carbonyl (C=O) groups is 2. The fraction of sp³-hybridized carbons (Fsp3) is 0.176. The number of amides is 2. The van der Waals surface area contributed by atoms with E-state index in [1.54, 1.807) is 25.2 Å². The van der Waals surface area contributed by atoms with Crippen LogP contribution in [0.15, 0.2) is 48.5 Å². The summed E-state index contributed by atoms with van der Waals surface area (Å²) in [6.45, 7) is 1.29. The fourth-order valence-electron chi connectivity index (χ4n) is 2.12. The number of carbonyl (C=O) groups excluding carboxylic acids is 2. The Labute approximate surface area is 145 Å². The Bertz CT molecular complexity index is 700. The second-order valence-electron chi connectivity index (χ2n) is 5.02. The largest absolute Gasteiger partial charge is 0.314 e. The van der Waals surface area contributed by atoms with E-state index in [1.165, 1.54) is 16.7 Å². The summed E-state index contributed by atoms with van der Waals surface area (Å²) in [5.74, 6) is -0.486. The van der Waals surface area contributed by atoms with E-state index in [1.807, 2.05) is 30.3 Å². The van der Waals surface area contributed by atoms with Crippen LogP contribution < -0.4 is 9.80 Å². The minimum atomic E-state index is -0.266. The summed E-state index contributed by atoms with van der Waals surface area (Å²) in [7, 11) is 1.67. The Balaban J connectivity index is 2.22. The first-order valence-electron chi connectivity index (χ1n) is 6.94. The lowest BCUT2D eigenvalue weighted by Gasteiger charge is -2.25. The maximum Gasteiger partial charge on any atom is 0.246 e. The van der Waals surface area contributed by atoms with Gasteiger partial charge in [0.15, 0.2) is 0 Å². The standard InChI is InChI=1S/C17H16Cl2N2O2/c1-12(22)21(16-9-13(18)8-14(19)10-16)11-17(23)20(2)15-6-4-3-5-7-15/h3-10H,11H2,1-2H3. The van der Waals surface area contributed by atoms with Crippen molar-refractivity contribution in [3.8, 4) is 0 Å². The molecule has 0 heterocycles. The Kier molecular flexibility index (Phi) is 5.64. The molecule has 120 valence electrons. The SMILES string of the molecule is CC(=O)N(CC(=O)N(C)c1ccccc1)c1cc(Cl)cc(Cl)c1. The van der Waals surface area contributed by atoms with Crippen LogP contribution in [-0.2, 0) is 9.59 Å². The molecule has 0 saturated carbocycles. The smallest absolute Gasteiger partial charge is 0.246 e. The summed E-state index contributed by atoms with van der Waals surface area (Å²) < 4.78 is 0. The van der Waals surface area contributed by atoms with Crippen LogP contribution in [0.1, 0.15) is 6.92 Å². The number of benzene rings is 2. The summed E-state index contributed by atoms with van der Waals surface area (Å²) in [6.07, 6.45) is 0. The Morgan fingerprint density at radius 1 is 0.957 bits per heavy atom. The highest BCUT2D eigenvalue weighted by Crippen LogP contribution is 2.26. The number of hydrogen-bond donors (Lipinski definition) is 0. The molecule has 0 N–H and O–H groups in total. The van der Waals surface area contributed by atoms with Gasteiger partial charge in [0.25, 0.3) is 0 Å². The van der Waals surface area contributed by atoms with Crippen LogP contribution in [0.25, 0.3) is 0 Å².